The zero-order valence-corrected chi connectivity index (χ0v) is 15.0. The summed E-state index contributed by atoms with van der Waals surface area (Å²) in [5.41, 5.74) is 4.74. The molecule has 0 saturated heterocycles. The molecule has 6 heteroatoms. The molecule has 6 nitrogen and oxygen atoms in total. The first kappa shape index (κ1) is 17.2. The van der Waals surface area contributed by atoms with Crippen molar-refractivity contribution >= 4 is 11.6 Å². The van der Waals surface area contributed by atoms with Crippen LogP contribution in [0.5, 0.6) is 5.75 Å². The summed E-state index contributed by atoms with van der Waals surface area (Å²) in [6, 6.07) is 13.7. The van der Waals surface area contributed by atoms with E-state index in [2.05, 4.69) is 9.97 Å². The number of anilines is 1. The quantitative estimate of drug-likeness (QED) is 0.714. The number of benzene rings is 2. The van der Waals surface area contributed by atoms with Gasteiger partial charge in [-0.05, 0) is 35.4 Å². The van der Waals surface area contributed by atoms with Gasteiger partial charge in [-0.3, -0.25) is 4.79 Å². The Morgan fingerprint density at radius 2 is 1.93 bits per heavy atom. The Labute approximate surface area is 157 Å². The molecule has 0 bridgehead atoms. The molecule has 0 radical (unpaired) electrons. The molecular weight excluding hydrogens is 342 g/mol. The fourth-order valence-corrected chi connectivity index (χ4v) is 3.18. The Balaban J connectivity index is 1.69. The van der Waals surface area contributed by atoms with E-state index in [1.807, 2.05) is 42.5 Å². The van der Waals surface area contributed by atoms with Gasteiger partial charge >= 0.3 is 0 Å². The second kappa shape index (κ2) is 7.55. The van der Waals surface area contributed by atoms with Crippen molar-refractivity contribution in [2.45, 2.75) is 13.2 Å². The SMILES string of the molecule is COc1cccc(CN2C(=O)COCc3cc(-c4cncnc4)ccc32)c1. The van der Waals surface area contributed by atoms with E-state index in [1.165, 1.54) is 6.33 Å². The first-order valence-electron chi connectivity index (χ1n) is 8.64. The van der Waals surface area contributed by atoms with Gasteiger partial charge < -0.3 is 14.4 Å². The van der Waals surface area contributed by atoms with Crippen molar-refractivity contribution in [3.8, 4) is 16.9 Å². The molecule has 4 rings (SSSR count). The van der Waals surface area contributed by atoms with Crippen molar-refractivity contribution in [3.05, 3.63) is 72.3 Å². The van der Waals surface area contributed by atoms with Gasteiger partial charge in [-0.2, -0.15) is 0 Å². The van der Waals surface area contributed by atoms with Gasteiger partial charge in [-0.25, -0.2) is 9.97 Å². The summed E-state index contributed by atoms with van der Waals surface area (Å²) in [6.07, 6.45) is 5.04. The smallest absolute Gasteiger partial charge is 0.253 e. The molecule has 1 aromatic heterocycles. The topological polar surface area (TPSA) is 64.5 Å². The molecule has 0 fully saturated rings. The molecule has 0 saturated carbocycles. The molecule has 0 spiro atoms. The first-order valence-corrected chi connectivity index (χ1v) is 8.64. The highest BCUT2D eigenvalue weighted by Gasteiger charge is 2.23. The van der Waals surface area contributed by atoms with Gasteiger partial charge in [-0.15, -0.1) is 0 Å². The zero-order valence-electron chi connectivity index (χ0n) is 15.0. The summed E-state index contributed by atoms with van der Waals surface area (Å²) in [7, 11) is 1.63. The van der Waals surface area contributed by atoms with E-state index in [4.69, 9.17) is 9.47 Å². The van der Waals surface area contributed by atoms with E-state index in [0.717, 1.165) is 33.7 Å². The number of fused-ring (bicyclic) bond motifs is 1. The molecule has 27 heavy (non-hydrogen) atoms. The lowest BCUT2D eigenvalue weighted by molar-refractivity contribution is -0.123. The maximum atomic E-state index is 12.6. The summed E-state index contributed by atoms with van der Waals surface area (Å²) in [5.74, 6) is 0.707. The van der Waals surface area contributed by atoms with Crippen LogP contribution in [0.25, 0.3) is 11.1 Å². The highest BCUT2D eigenvalue weighted by Crippen LogP contribution is 2.31. The number of hydrogen-bond donors (Lipinski definition) is 0. The molecule has 0 aliphatic carbocycles. The van der Waals surface area contributed by atoms with Gasteiger partial charge in [0.15, 0.2) is 0 Å². The minimum atomic E-state index is -0.0626. The van der Waals surface area contributed by atoms with Gasteiger partial charge in [0.05, 0.1) is 20.3 Å². The zero-order chi connectivity index (χ0) is 18.6. The molecule has 2 heterocycles. The number of methoxy groups -OCH3 is 1. The predicted molar refractivity (Wildman–Crippen MR) is 101 cm³/mol. The minimum absolute atomic E-state index is 0.0580. The molecule has 0 unspecified atom stereocenters. The van der Waals surface area contributed by atoms with Crippen LogP contribution in [0, 0.1) is 0 Å². The van der Waals surface area contributed by atoms with Crippen molar-refractivity contribution in [1.29, 1.82) is 0 Å². The minimum Gasteiger partial charge on any atom is -0.497 e. The van der Waals surface area contributed by atoms with Crippen LogP contribution in [0.4, 0.5) is 5.69 Å². The van der Waals surface area contributed by atoms with Gasteiger partial charge in [0.1, 0.15) is 18.7 Å². The number of carbonyl (C=O) groups is 1. The molecule has 3 aromatic rings. The Morgan fingerprint density at radius 3 is 2.74 bits per heavy atom. The molecule has 136 valence electrons. The predicted octanol–water partition coefficient (Wildman–Crippen LogP) is 3.22. The van der Waals surface area contributed by atoms with Gasteiger partial charge in [0.25, 0.3) is 5.91 Å². The van der Waals surface area contributed by atoms with Crippen molar-refractivity contribution < 1.29 is 14.3 Å². The van der Waals surface area contributed by atoms with E-state index in [-0.39, 0.29) is 12.5 Å². The Hall–Kier alpha value is -3.25. The molecule has 1 amide bonds. The molecule has 2 aromatic carbocycles. The third kappa shape index (κ3) is 3.66. The van der Waals surface area contributed by atoms with Crippen LogP contribution >= 0.6 is 0 Å². The van der Waals surface area contributed by atoms with Crippen molar-refractivity contribution in [2.24, 2.45) is 0 Å². The van der Waals surface area contributed by atoms with E-state index in [1.54, 1.807) is 24.4 Å². The monoisotopic (exact) mass is 361 g/mol. The Kier molecular flexibility index (Phi) is 4.80. The van der Waals surface area contributed by atoms with Crippen molar-refractivity contribution in [2.75, 3.05) is 18.6 Å². The van der Waals surface area contributed by atoms with E-state index in [9.17, 15) is 4.79 Å². The number of hydrogen-bond acceptors (Lipinski definition) is 5. The highest BCUT2D eigenvalue weighted by molar-refractivity contribution is 5.95. The van der Waals surface area contributed by atoms with Crippen LogP contribution in [0.1, 0.15) is 11.1 Å². The van der Waals surface area contributed by atoms with Crippen molar-refractivity contribution in [3.63, 3.8) is 0 Å². The number of carbonyl (C=O) groups excluding carboxylic acids is 1. The van der Waals surface area contributed by atoms with Gasteiger partial charge in [0.2, 0.25) is 0 Å². The second-order valence-corrected chi connectivity index (χ2v) is 6.29. The standard InChI is InChI=1S/C21H19N3O3/c1-26-19-4-2-3-15(7-19)11-24-20-6-5-16(18-9-22-14-23-10-18)8-17(20)12-27-13-21(24)25/h2-10,14H,11-13H2,1H3. The van der Waals surface area contributed by atoms with Crippen LogP contribution in [0.2, 0.25) is 0 Å². The number of rotatable bonds is 4. The lowest BCUT2D eigenvalue weighted by Gasteiger charge is -2.23. The van der Waals surface area contributed by atoms with Gasteiger partial charge in [-0.1, -0.05) is 18.2 Å². The lowest BCUT2D eigenvalue weighted by Crippen LogP contribution is -2.32. The summed E-state index contributed by atoms with van der Waals surface area (Å²) in [4.78, 5) is 22.6. The van der Waals surface area contributed by atoms with E-state index in [0.29, 0.717) is 13.2 Å². The number of nitrogens with zero attached hydrogens (tertiary/aromatic N) is 3. The van der Waals surface area contributed by atoms with Crippen LogP contribution in [-0.4, -0.2) is 29.6 Å². The summed E-state index contributed by atoms with van der Waals surface area (Å²) in [6.45, 7) is 0.903. The maximum absolute atomic E-state index is 12.6. The third-order valence-electron chi connectivity index (χ3n) is 4.52. The molecule has 0 atom stereocenters. The molecule has 1 aliphatic rings. The molecule has 1 aliphatic heterocycles. The van der Waals surface area contributed by atoms with Gasteiger partial charge in [0, 0.05) is 29.2 Å². The molecule has 0 N–H and O–H groups in total. The number of amides is 1. The second-order valence-electron chi connectivity index (χ2n) is 6.29. The Bertz CT molecular complexity index is 960. The summed E-state index contributed by atoms with van der Waals surface area (Å²) < 4.78 is 10.9. The van der Waals surface area contributed by atoms with Crippen LogP contribution < -0.4 is 9.64 Å². The molecular formula is C21H19N3O3. The first-order chi connectivity index (χ1) is 13.2. The Morgan fingerprint density at radius 1 is 1.07 bits per heavy atom. The fourth-order valence-electron chi connectivity index (χ4n) is 3.18. The fraction of sp³-hybridized carbons (Fsp3) is 0.190. The van der Waals surface area contributed by atoms with Crippen molar-refractivity contribution in [1.82, 2.24) is 9.97 Å². The van der Waals surface area contributed by atoms with E-state index >= 15 is 0 Å². The lowest BCUT2D eigenvalue weighted by atomic mass is 10.0. The van der Waals surface area contributed by atoms with Crippen LogP contribution in [-0.2, 0) is 22.7 Å². The average Bonchev–Trinajstić information content (AvgIpc) is 2.87. The number of aromatic nitrogens is 2. The normalized spacial score (nSPS) is 13.8. The van der Waals surface area contributed by atoms with E-state index < -0.39 is 0 Å². The average molecular weight is 361 g/mol. The largest absolute Gasteiger partial charge is 0.497 e. The number of ether oxygens (including phenoxy) is 2. The maximum Gasteiger partial charge on any atom is 0.253 e. The third-order valence-corrected chi connectivity index (χ3v) is 4.52. The van der Waals surface area contributed by atoms with Crippen LogP contribution in [0.3, 0.4) is 0 Å². The summed E-state index contributed by atoms with van der Waals surface area (Å²) in [5, 5.41) is 0. The van der Waals surface area contributed by atoms with Crippen LogP contribution in [0.15, 0.2) is 61.2 Å². The summed E-state index contributed by atoms with van der Waals surface area (Å²) >= 11 is 0. The highest BCUT2D eigenvalue weighted by atomic mass is 16.5.